The molecule has 1 aliphatic carbocycles. The van der Waals surface area contributed by atoms with Crippen molar-refractivity contribution >= 4 is 11.6 Å². The van der Waals surface area contributed by atoms with E-state index >= 15 is 0 Å². The van der Waals surface area contributed by atoms with Gasteiger partial charge in [-0.1, -0.05) is 31.0 Å². The Labute approximate surface area is 165 Å². The van der Waals surface area contributed by atoms with Crippen molar-refractivity contribution in [3.8, 4) is 17.3 Å². The van der Waals surface area contributed by atoms with E-state index in [2.05, 4.69) is 21.5 Å². The van der Waals surface area contributed by atoms with Crippen LogP contribution in [0.3, 0.4) is 0 Å². The van der Waals surface area contributed by atoms with Crippen LogP contribution in [0.25, 0.3) is 11.3 Å². The van der Waals surface area contributed by atoms with Crippen LogP contribution >= 0.6 is 0 Å². The Hall–Kier alpha value is -3.20. The molecule has 1 fully saturated rings. The maximum absolute atomic E-state index is 9.28. The highest BCUT2D eigenvalue weighted by Crippen LogP contribution is 2.36. The van der Waals surface area contributed by atoms with Gasteiger partial charge in [-0.15, -0.1) is 0 Å². The monoisotopic (exact) mass is 372 g/mol. The molecule has 0 saturated heterocycles. The standard InChI is InChI=1S/C22H24N6/c1-16-13-24-22(26-19-9-3-2-4-10-19)27-21(16)18-14-25-28(15-18)20(11-12-23)17-7-5-6-8-17/h2-4,9-10,13-15,17,20H,5-8,11H2,1H3,(H,24,26,27). The Kier molecular flexibility index (Phi) is 5.34. The third-order valence-electron chi connectivity index (χ3n) is 5.46. The van der Waals surface area contributed by atoms with Gasteiger partial charge in [0.05, 0.1) is 30.4 Å². The lowest BCUT2D eigenvalue weighted by Gasteiger charge is -2.21. The fraction of sp³-hybridized carbons (Fsp3) is 0.364. The molecule has 0 radical (unpaired) electrons. The molecule has 0 bridgehead atoms. The van der Waals surface area contributed by atoms with Crippen LogP contribution in [0.15, 0.2) is 48.9 Å². The normalized spacial score (nSPS) is 15.3. The van der Waals surface area contributed by atoms with Crippen molar-refractivity contribution in [3.05, 3.63) is 54.5 Å². The number of nitrogens with one attached hydrogen (secondary N) is 1. The van der Waals surface area contributed by atoms with Crippen molar-refractivity contribution in [1.82, 2.24) is 19.7 Å². The Balaban J connectivity index is 1.60. The van der Waals surface area contributed by atoms with E-state index in [0.717, 1.165) is 22.5 Å². The van der Waals surface area contributed by atoms with E-state index in [9.17, 15) is 5.26 Å². The van der Waals surface area contributed by atoms with E-state index in [-0.39, 0.29) is 6.04 Å². The molecule has 2 heterocycles. The van der Waals surface area contributed by atoms with Crippen LogP contribution in [0.2, 0.25) is 0 Å². The van der Waals surface area contributed by atoms with Crippen LogP contribution in [-0.4, -0.2) is 19.7 Å². The molecule has 0 amide bonds. The lowest BCUT2D eigenvalue weighted by molar-refractivity contribution is 0.315. The zero-order valence-electron chi connectivity index (χ0n) is 16.0. The summed E-state index contributed by atoms with van der Waals surface area (Å²) in [5.41, 5.74) is 3.76. The van der Waals surface area contributed by atoms with Crippen LogP contribution in [-0.2, 0) is 0 Å². The third kappa shape index (κ3) is 3.89. The molecule has 0 spiro atoms. The number of rotatable bonds is 6. The number of nitrogens with zero attached hydrogens (tertiary/aromatic N) is 5. The second-order valence-electron chi connectivity index (χ2n) is 7.40. The maximum Gasteiger partial charge on any atom is 0.227 e. The van der Waals surface area contributed by atoms with Crippen molar-refractivity contribution in [2.75, 3.05) is 5.32 Å². The van der Waals surface area contributed by atoms with Gasteiger partial charge < -0.3 is 5.32 Å². The van der Waals surface area contributed by atoms with Crippen molar-refractivity contribution in [2.24, 2.45) is 5.92 Å². The molecule has 3 aromatic rings. The molecular weight excluding hydrogens is 348 g/mol. The van der Waals surface area contributed by atoms with Gasteiger partial charge >= 0.3 is 0 Å². The number of para-hydroxylation sites is 1. The van der Waals surface area contributed by atoms with Crippen molar-refractivity contribution in [3.63, 3.8) is 0 Å². The molecule has 1 atom stereocenters. The van der Waals surface area contributed by atoms with Crippen molar-refractivity contribution < 1.29 is 0 Å². The van der Waals surface area contributed by atoms with Gasteiger partial charge in [0.1, 0.15) is 0 Å². The zero-order valence-corrected chi connectivity index (χ0v) is 16.0. The predicted molar refractivity (Wildman–Crippen MR) is 109 cm³/mol. The molecule has 1 N–H and O–H groups in total. The van der Waals surface area contributed by atoms with Gasteiger partial charge in [-0.25, -0.2) is 9.97 Å². The van der Waals surface area contributed by atoms with E-state index < -0.39 is 0 Å². The van der Waals surface area contributed by atoms with E-state index in [1.165, 1.54) is 25.7 Å². The van der Waals surface area contributed by atoms with Gasteiger partial charge in [0.2, 0.25) is 5.95 Å². The summed E-state index contributed by atoms with van der Waals surface area (Å²) in [7, 11) is 0. The first kappa shape index (κ1) is 18.2. The highest BCUT2D eigenvalue weighted by atomic mass is 15.3. The lowest BCUT2D eigenvalue weighted by Crippen LogP contribution is -2.17. The molecule has 6 nitrogen and oxygen atoms in total. The molecule has 142 valence electrons. The van der Waals surface area contributed by atoms with Gasteiger partial charge in [-0.2, -0.15) is 10.4 Å². The van der Waals surface area contributed by atoms with Crippen LogP contribution in [0.5, 0.6) is 0 Å². The number of aromatic nitrogens is 4. The average molecular weight is 372 g/mol. The molecule has 1 saturated carbocycles. The molecule has 2 aromatic heterocycles. The number of nitriles is 1. The van der Waals surface area contributed by atoms with E-state index in [4.69, 9.17) is 4.98 Å². The summed E-state index contributed by atoms with van der Waals surface area (Å²) >= 11 is 0. The largest absolute Gasteiger partial charge is 0.324 e. The Morgan fingerprint density at radius 2 is 2.00 bits per heavy atom. The first-order valence-electron chi connectivity index (χ1n) is 9.82. The van der Waals surface area contributed by atoms with Crippen LogP contribution in [0.1, 0.15) is 43.7 Å². The quantitative estimate of drug-likeness (QED) is 0.656. The number of aryl methyl sites for hydroxylation is 1. The highest BCUT2D eigenvalue weighted by Gasteiger charge is 2.27. The molecule has 4 rings (SSSR count). The molecular formula is C22H24N6. The first-order chi connectivity index (χ1) is 13.7. The Morgan fingerprint density at radius 1 is 1.21 bits per heavy atom. The summed E-state index contributed by atoms with van der Waals surface area (Å²) in [5.74, 6) is 1.10. The number of anilines is 2. The minimum atomic E-state index is 0.144. The number of benzene rings is 1. The third-order valence-corrected chi connectivity index (χ3v) is 5.46. The van der Waals surface area contributed by atoms with E-state index in [1.807, 2.05) is 60.5 Å². The van der Waals surface area contributed by atoms with Crippen LogP contribution in [0.4, 0.5) is 11.6 Å². The van der Waals surface area contributed by atoms with E-state index in [1.54, 1.807) is 0 Å². The molecule has 1 aromatic carbocycles. The van der Waals surface area contributed by atoms with Crippen LogP contribution < -0.4 is 5.32 Å². The SMILES string of the molecule is Cc1cnc(Nc2ccccc2)nc1-c1cnn(C(CC#N)C2CCCC2)c1. The molecule has 1 unspecified atom stereocenters. The average Bonchev–Trinajstić information content (AvgIpc) is 3.41. The summed E-state index contributed by atoms with van der Waals surface area (Å²) in [6.45, 7) is 2.00. The van der Waals surface area contributed by atoms with E-state index in [0.29, 0.717) is 18.3 Å². The van der Waals surface area contributed by atoms with Gasteiger partial charge in [0.25, 0.3) is 0 Å². The summed E-state index contributed by atoms with van der Waals surface area (Å²) in [4.78, 5) is 9.12. The fourth-order valence-electron chi connectivity index (χ4n) is 4.00. The summed E-state index contributed by atoms with van der Waals surface area (Å²) < 4.78 is 1.97. The summed E-state index contributed by atoms with van der Waals surface area (Å²) in [6, 6.07) is 12.4. The summed E-state index contributed by atoms with van der Waals surface area (Å²) in [5, 5.41) is 17.1. The lowest BCUT2D eigenvalue weighted by atomic mass is 9.96. The molecule has 1 aliphatic rings. The zero-order chi connectivity index (χ0) is 19.3. The fourth-order valence-corrected chi connectivity index (χ4v) is 4.00. The van der Waals surface area contributed by atoms with Gasteiger partial charge in [0.15, 0.2) is 0 Å². The number of hydrogen-bond donors (Lipinski definition) is 1. The van der Waals surface area contributed by atoms with Gasteiger partial charge in [0, 0.05) is 23.6 Å². The predicted octanol–water partition coefficient (Wildman–Crippen LogP) is 5.04. The second kappa shape index (κ2) is 8.22. The van der Waals surface area contributed by atoms with Crippen LogP contribution in [0, 0.1) is 24.2 Å². The molecule has 6 heteroatoms. The minimum Gasteiger partial charge on any atom is -0.324 e. The topological polar surface area (TPSA) is 79.4 Å². The maximum atomic E-state index is 9.28. The van der Waals surface area contributed by atoms with Gasteiger partial charge in [-0.3, -0.25) is 4.68 Å². The van der Waals surface area contributed by atoms with Crippen molar-refractivity contribution in [2.45, 2.75) is 45.1 Å². The van der Waals surface area contributed by atoms with Crippen molar-refractivity contribution in [1.29, 1.82) is 5.26 Å². The second-order valence-corrected chi connectivity index (χ2v) is 7.40. The first-order valence-corrected chi connectivity index (χ1v) is 9.82. The Bertz CT molecular complexity index is 966. The molecule has 0 aliphatic heterocycles. The Morgan fingerprint density at radius 3 is 2.75 bits per heavy atom. The smallest absolute Gasteiger partial charge is 0.227 e. The van der Waals surface area contributed by atoms with Gasteiger partial charge in [-0.05, 0) is 43.4 Å². The number of hydrogen-bond acceptors (Lipinski definition) is 5. The minimum absolute atomic E-state index is 0.144. The summed E-state index contributed by atoms with van der Waals surface area (Å²) in [6.07, 6.45) is 11.1. The molecule has 28 heavy (non-hydrogen) atoms. The highest BCUT2D eigenvalue weighted by molar-refractivity contribution is 5.63.